The van der Waals surface area contributed by atoms with E-state index in [9.17, 15) is 4.79 Å². The number of hydrogen-bond donors (Lipinski definition) is 3. The molecule has 0 aromatic heterocycles. The summed E-state index contributed by atoms with van der Waals surface area (Å²) in [4.78, 5) is 11.2. The number of nitrogens with one attached hydrogen (secondary N) is 1. The van der Waals surface area contributed by atoms with Gasteiger partial charge < -0.3 is 16.2 Å². The van der Waals surface area contributed by atoms with Crippen LogP contribution < -0.4 is 11.1 Å². The molecular formula is C11H24N2O2. The Kier molecular flexibility index (Phi) is 9.52. The molecule has 0 aromatic rings. The summed E-state index contributed by atoms with van der Waals surface area (Å²) in [6, 6.07) is 0. The van der Waals surface area contributed by atoms with E-state index in [0.717, 1.165) is 32.2 Å². The van der Waals surface area contributed by atoms with Crippen LogP contribution >= 0.6 is 0 Å². The molecule has 0 aliphatic carbocycles. The molecule has 0 fully saturated rings. The molecule has 4 nitrogen and oxygen atoms in total. The summed E-state index contributed by atoms with van der Waals surface area (Å²) in [5, 5.41) is 11.8. The van der Waals surface area contributed by atoms with Crippen LogP contribution in [0.5, 0.6) is 0 Å². The van der Waals surface area contributed by atoms with Gasteiger partial charge in [-0.15, -0.1) is 0 Å². The number of aliphatic hydroxyl groups excluding tert-OH is 1. The fourth-order valence-corrected chi connectivity index (χ4v) is 1.29. The van der Waals surface area contributed by atoms with Gasteiger partial charge in [-0.2, -0.15) is 0 Å². The third kappa shape index (κ3) is 11.3. The lowest BCUT2D eigenvalue weighted by Crippen LogP contribution is -2.26. The molecule has 15 heavy (non-hydrogen) atoms. The predicted octanol–water partition coefficient (Wildman–Crippen LogP) is 0.783. The van der Waals surface area contributed by atoms with Crippen LogP contribution in [0.1, 0.15) is 45.4 Å². The SMILES string of the molecule is CC(O)CCNC(=O)CCCCCCN. The standard InChI is InChI=1S/C11H24N2O2/c1-10(14)7-9-13-11(15)6-4-2-3-5-8-12/h10,14H,2-9,12H2,1H3,(H,13,15). The molecule has 1 amide bonds. The van der Waals surface area contributed by atoms with Gasteiger partial charge in [-0.05, 0) is 32.7 Å². The van der Waals surface area contributed by atoms with Gasteiger partial charge in [-0.1, -0.05) is 12.8 Å². The monoisotopic (exact) mass is 216 g/mol. The fourth-order valence-electron chi connectivity index (χ4n) is 1.29. The van der Waals surface area contributed by atoms with Crippen molar-refractivity contribution in [2.45, 2.75) is 51.6 Å². The molecule has 0 saturated heterocycles. The van der Waals surface area contributed by atoms with E-state index in [1.54, 1.807) is 6.92 Å². The molecule has 0 rings (SSSR count). The van der Waals surface area contributed by atoms with Crippen LogP contribution in [0.25, 0.3) is 0 Å². The summed E-state index contributed by atoms with van der Waals surface area (Å²) >= 11 is 0. The van der Waals surface area contributed by atoms with Gasteiger partial charge in [-0.25, -0.2) is 0 Å². The normalized spacial score (nSPS) is 12.5. The molecule has 4 heteroatoms. The summed E-state index contributed by atoms with van der Waals surface area (Å²) in [5.41, 5.74) is 5.36. The minimum Gasteiger partial charge on any atom is -0.393 e. The summed E-state index contributed by atoms with van der Waals surface area (Å²) < 4.78 is 0. The summed E-state index contributed by atoms with van der Waals surface area (Å²) in [7, 11) is 0. The summed E-state index contributed by atoms with van der Waals surface area (Å²) in [5.74, 6) is 0.0865. The van der Waals surface area contributed by atoms with E-state index in [2.05, 4.69) is 5.32 Å². The highest BCUT2D eigenvalue weighted by molar-refractivity contribution is 5.75. The molecule has 0 radical (unpaired) electrons. The second kappa shape index (κ2) is 9.93. The zero-order valence-electron chi connectivity index (χ0n) is 9.67. The second-order valence-corrected chi connectivity index (χ2v) is 3.94. The van der Waals surface area contributed by atoms with Gasteiger partial charge in [0, 0.05) is 13.0 Å². The van der Waals surface area contributed by atoms with Crippen molar-refractivity contribution >= 4 is 5.91 Å². The molecular weight excluding hydrogens is 192 g/mol. The average molecular weight is 216 g/mol. The summed E-state index contributed by atoms with van der Waals surface area (Å²) in [6.45, 7) is 3.03. The first kappa shape index (κ1) is 14.4. The van der Waals surface area contributed by atoms with Gasteiger partial charge in [-0.3, -0.25) is 4.79 Å². The zero-order valence-corrected chi connectivity index (χ0v) is 9.67. The highest BCUT2D eigenvalue weighted by Crippen LogP contribution is 2.01. The maximum Gasteiger partial charge on any atom is 0.219 e. The highest BCUT2D eigenvalue weighted by atomic mass is 16.3. The Morgan fingerprint density at radius 1 is 1.33 bits per heavy atom. The quantitative estimate of drug-likeness (QED) is 0.499. The number of rotatable bonds is 9. The Hall–Kier alpha value is -0.610. The molecule has 0 aliphatic rings. The molecule has 1 unspecified atom stereocenters. The maximum atomic E-state index is 11.2. The first-order valence-electron chi connectivity index (χ1n) is 5.81. The van der Waals surface area contributed by atoms with Gasteiger partial charge in [0.1, 0.15) is 0 Å². The zero-order chi connectivity index (χ0) is 11.5. The average Bonchev–Trinajstić information content (AvgIpc) is 2.17. The molecule has 0 bridgehead atoms. The van der Waals surface area contributed by atoms with Gasteiger partial charge in [0.25, 0.3) is 0 Å². The Labute approximate surface area is 92.2 Å². The van der Waals surface area contributed by atoms with Crippen LogP contribution in [0.2, 0.25) is 0 Å². The third-order valence-electron chi connectivity index (χ3n) is 2.24. The number of amides is 1. The van der Waals surface area contributed by atoms with Crippen LogP contribution in [0.4, 0.5) is 0 Å². The highest BCUT2D eigenvalue weighted by Gasteiger charge is 2.01. The number of aliphatic hydroxyl groups is 1. The lowest BCUT2D eigenvalue weighted by atomic mass is 10.1. The maximum absolute atomic E-state index is 11.2. The number of carbonyl (C=O) groups is 1. The van der Waals surface area contributed by atoms with Gasteiger partial charge in [0.2, 0.25) is 5.91 Å². The van der Waals surface area contributed by atoms with Crippen molar-refractivity contribution in [3.63, 3.8) is 0 Å². The Balaban J connectivity index is 3.19. The minimum atomic E-state index is -0.338. The molecule has 1 atom stereocenters. The van der Waals surface area contributed by atoms with E-state index in [0.29, 0.717) is 19.4 Å². The van der Waals surface area contributed by atoms with Crippen molar-refractivity contribution < 1.29 is 9.90 Å². The van der Waals surface area contributed by atoms with E-state index in [1.807, 2.05) is 0 Å². The summed E-state index contributed by atoms with van der Waals surface area (Å²) in [6.07, 6.45) is 5.03. The van der Waals surface area contributed by atoms with Gasteiger partial charge in [0.15, 0.2) is 0 Å². The largest absolute Gasteiger partial charge is 0.393 e. The van der Waals surface area contributed by atoms with Crippen LogP contribution in [-0.4, -0.2) is 30.2 Å². The first-order valence-corrected chi connectivity index (χ1v) is 5.81. The number of carbonyl (C=O) groups excluding carboxylic acids is 1. The van der Waals surface area contributed by atoms with E-state index in [1.165, 1.54) is 0 Å². The van der Waals surface area contributed by atoms with Crippen molar-refractivity contribution in [1.29, 1.82) is 0 Å². The van der Waals surface area contributed by atoms with E-state index in [4.69, 9.17) is 10.8 Å². The van der Waals surface area contributed by atoms with E-state index in [-0.39, 0.29) is 12.0 Å². The molecule has 90 valence electrons. The third-order valence-corrected chi connectivity index (χ3v) is 2.24. The minimum absolute atomic E-state index is 0.0865. The topological polar surface area (TPSA) is 75.3 Å². The van der Waals surface area contributed by atoms with Crippen molar-refractivity contribution in [2.24, 2.45) is 5.73 Å². The van der Waals surface area contributed by atoms with Gasteiger partial charge >= 0.3 is 0 Å². The fraction of sp³-hybridized carbons (Fsp3) is 0.909. The lowest BCUT2D eigenvalue weighted by Gasteiger charge is -2.06. The van der Waals surface area contributed by atoms with Crippen LogP contribution in [0.15, 0.2) is 0 Å². The van der Waals surface area contributed by atoms with E-state index >= 15 is 0 Å². The Bertz CT molecular complexity index is 161. The Morgan fingerprint density at radius 2 is 2.00 bits per heavy atom. The number of hydrogen-bond acceptors (Lipinski definition) is 3. The smallest absolute Gasteiger partial charge is 0.219 e. The number of nitrogens with two attached hydrogens (primary N) is 1. The second-order valence-electron chi connectivity index (χ2n) is 3.94. The van der Waals surface area contributed by atoms with Crippen molar-refractivity contribution in [3.05, 3.63) is 0 Å². The van der Waals surface area contributed by atoms with Crippen LogP contribution in [-0.2, 0) is 4.79 Å². The first-order chi connectivity index (χ1) is 7.16. The van der Waals surface area contributed by atoms with Crippen LogP contribution in [0.3, 0.4) is 0 Å². The molecule has 0 aliphatic heterocycles. The number of unbranched alkanes of at least 4 members (excludes halogenated alkanes) is 3. The predicted molar refractivity (Wildman–Crippen MR) is 61.4 cm³/mol. The Morgan fingerprint density at radius 3 is 2.60 bits per heavy atom. The molecule has 0 heterocycles. The van der Waals surface area contributed by atoms with E-state index < -0.39 is 0 Å². The molecule has 0 spiro atoms. The van der Waals surface area contributed by atoms with Gasteiger partial charge in [0.05, 0.1) is 6.10 Å². The van der Waals surface area contributed by atoms with Crippen molar-refractivity contribution in [2.75, 3.05) is 13.1 Å². The lowest BCUT2D eigenvalue weighted by molar-refractivity contribution is -0.121. The molecule has 4 N–H and O–H groups in total. The van der Waals surface area contributed by atoms with Crippen LogP contribution in [0, 0.1) is 0 Å². The molecule has 0 aromatic carbocycles. The van der Waals surface area contributed by atoms with Crippen molar-refractivity contribution in [1.82, 2.24) is 5.32 Å². The molecule has 0 saturated carbocycles. The van der Waals surface area contributed by atoms with Crippen molar-refractivity contribution in [3.8, 4) is 0 Å².